The molecule has 0 aliphatic rings. The lowest BCUT2D eigenvalue weighted by molar-refractivity contribution is 0.636. The van der Waals surface area contributed by atoms with Gasteiger partial charge >= 0.3 is 0 Å². The van der Waals surface area contributed by atoms with Crippen molar-refractivity contribution >= 4 is 32.8 Å². The molecule has 0 unspecified atom stereocenters. The van der Waals surface area contributed by atoms with Gasteiger partial charge < -0.3 is 4.42 Å². The summed E-state index contributed by atoms with van der Waals surface area (Å²) in [6.45, 7) is 0. The van der Waals surface area contributed by atoms with Crippen LogP contribution in [0, 0.1) is 0 Å². The highest BCUT2D eigenvalue weighted by molar-refractivity contribution is 6.17. The average Bonchev–Trinajstić information content (AvgIpc) is 3.65. The third-order valence-electron chi connectivity index (χ3n) is 9.89. The highest BCUT2D eigenvalue weighted by Gasteiger charge is 2.24. The van der Waals surface area contributed by atoms with Crippen LogP contribution in [0.25, 0.3) is 100 Å². The number of furan rings is 1. The van der Waals surface area contributed by atoms with Crippen LogP contribution in [0.5, 0.6) is 0 Å². The monoisotopic (exact) mass is 677 g/mol. The first-order valence-corrected chi connectivity index (χ1v) is 17.8. The number of benzene rings is 7. The molecule has 3 aromatic heterocycles. The van der Waals surface area contributed by atoms with Crippen LogP contribution >= 0.6 is 0 Å². The number of rotatable bonds is 6. The Bertz CT molecular complexity index is 2900. The van der Waals surface area contributed by atoms with E-state index in [2.05, 4.69) is 140 Å². The van der Waals surface area contributed by atoms with Gasteiger partial charge in [0, 0.05) is 38.6 Å². The minimum atomic E-state index is 0.644. The second kappa shape index (κ2) is 12.9. The van der Waals surface area contributed by atoms with Crippen molar-refractivity contribution in [1.82, 2.24) is 15.0 Å². The van der Waals surface area contributed by atoms with Crippen LogP contribution in [0.3, 0.4) is 0 Å². The molecule has 53 heavy (non-hydrogen) atoms. The lowest BCUT2D eigenvalue weighted by Crippen LogP contribution is -1.96. The third-order valence-corrected chi connectivity index (χ3v) is 9.89. The Morgan fingerprint density at radius 1 is 0.340 bits per heavy atom. The van der Waals surface area contributed by atoms with Crippen molar-refractivity contribution in [3.8, 4) is 67.5 Å². The minimum absolute atomic E-state index is 0.644. The molecular formula is C49H31N3O. The zero-order chi connectivity index (χ0) is 35.1. The molecule has 0 fully saturated rings. The summed E-state index contributed by atoms with van der Waals surface area (Å²) in [7, 11) is 0. The molecular weight excluding hydrogens is 647 g/mol. The second-order valence-corrected chi connectivity index (χ2v) is 13.2. The van der Waals surface area contributed by atoms with Gasteiger partial charge in [0.05, 0.1) is 27.8 Å². The standard InChI is InChI=1S/C49H31N3O/c1-5-15-32(16-6-1)33-25-27-36(28-26-33)45-39-23-13-14-24-41(39)51-49(52-45)38-29-30-40-42(31-38)50-46(35-19-9-3-10-20-35)44-43(34-17-7-2-8-18-34)47(53-48(40)44)37-21-11-4-12-22-37/h1-31H. The second-order valence-electron chi connectivity index (χ2n) is 13.2. The Balaban J connectivity index is 1.19. The van der Waals surface area contributed by atoms with Gasteiger partial charge in [0.2, 0.25) is 0 Å². The zero-order valence-corrected chi connectivity index (χ0v) is 28.6. The molecule has 0 aliphatic heterocycles. The molecule has 0 atom stereocenters. The van der Waals surface area contributed by atoms with E-state index in [9.17, 15) is 0 Å². The molecule has 4 nitrogen and oxygen atoms in total. The summed E-state index contributed by atoms with van der Waals surface area (Å²) < 4.78 is 6.97. The van der Waals surface area contributed by atoms with E-state index in [0.717, 1.165) is 88.9 Å². The molecule has 3 heterocycles. The highest BCUT2D eigenvalue weighted by Crippen LogP contribution is 2.47. The maximum absolute atomic E-state index is 6.97. The Morgan fingerprint density at radius 2 is 0.868 bits per heavy atom. The van der Waals surface area contributed by atoms with Crippen LogP contribution in [0.2, 0.25) is 0 Å². The zero-order valence-electron chi connectivity index (χ0n) is 28.6. The van der Waals surface area contributed by atoms with Crippen LogP contribution in [0.15, 0.2) is 192 Å². The quantitative estimate of drug-likeness (QED) is 0.176. The number of fused-ring (bicyclic) bond motifs is 4. The number of hydrogen-bond donors (Lipinski definition) is 0. The molecule has 0 radical (unpaired) electrons. The Labute approximate surface area is 306 Å². The van der Waals surface area contributed by atoms with Gasteiger partial charge in [-0.3, -0.25) is 0 Å². The number of para-hydroxylation sites is 1. The topological polar surface area (TPSA) is 51.8 Å². The molecule has 7 aromatic carbocycles. The Morgan fingerprint density at radius 3 is 1.57 bits per heavy atom. The summed E-state index contributed by atoms with van der Waals surface area (Å²) in [6.07, 6.45) is 0. The molecule has 0 N–H and O–H groups in total. The number of hydrogen-bond acceptors (Lipinski definition) is 4. The largest absolute Gasteiger partial charge is 0.455 e. The van der Waals surface area contributed by atoms with E-state index in [0.29, 0.717) is 5.82 Å². The average molecular weight is 678 g/mol. The van der Waals surface area contributed by atoms with E-state index >= 15 is 0 Å². The fraction of sp³-hybridized carbons (Fsp3) is 0. The molecule has 248 valence electrons. The van der Waals surface area contributed by atoms with Gasteiger partial charge in [-0.2, -0.15) is 0 Å². The van der Waals surface area contributed by atoms with E-state index in [1.165, 1.54) is 5.56 Å². The maximum Gasteiger partial charge on any atom is 0.160 e. The van der Waals surface area contributed by atoms with Gasteiger partial charge in [0.25, 0.3) is 0 Å². The molecule has 0 bridgehead atoms. The summed E-state index contributed by atoms with van der Waals surface area (Å²) in [5, 5.41) is 2.93. The first-order chi connectivity index (χ1) is 26.3. The molecule has 10 aromatic rings. The smallest absolute Gasteiger partial charge is 0.160 e. The summed E-state index contributed by atoms with van der Waals surface area (Å²) in [5.41, 5.74) is 12.7. The van der Waals surface area contributed by atoms with E-state index < -0.39 is 0 Å². The summed E-state index contributed by atoms with van der Waals surface area (Å²) in [4.78, 5) is 15.7. The number of aromatic nitrogens is 3. The van der Waals surface area contributed by atoms with E-state index in [-0.39, 0.29) is 0 Å². The van der Waals surface area contributed by atoms with Crippen molar-refractivity contribution in [2.45, 2.75) is 0 Å². The van der Waals surface area contributed by atoms with E-state index in [4.69, 9.17) is 19.4 Å². The van der Waals surface area contributed by atoms with Gasteiger partial charge in [0.1, 0.15) is 11.3 Å². The van der Waals surface area contributed by atoms with Crippen LogP contribution in [-0.4, -0.2) is 15.0 Å². The van der Waals surface area contributed by atoms with Crippen LogP contribution < -0.4 is 0 Å². The summed E-state index contributed by atoms with van der Waals surface area (Å²) in [5.74, 6) is 1.47. The molecule has 0 amide bonds. The predicted octanol–water partition coefficient (Wildman–Crippen LogP) is 12.9. The normalized spacial score (nSPS) is 11.4. The SMILES string of the molecule is c1ccc(-c2ccc(-c3nc(-c4ccc5c(c4)nc(-c4ccccc4)c4c(-c6ccccc6)c(-c6ccccc6)oc45)nc4ccccc34)cc2)cc1. The van der Waals surface area contributed by atoms with Crippen molar-refractivity contribution in [3.05, 3.63) is 188 Å². The Hall–Kier alpha value is -7.17. The van der Waals surface area contributed by atoms with E-state index in [1.54, 1.807) is 0 Å². The third kappa shape index (κ3) is 5.45. The number of nitrogens with zero attached hydrogens (tertiary/aromatic N) is 3. The van der Waals surface area contributed by atoms with Crippen molar-refractivity contribution in [2.24, 2.45) is 0 Å². The van der Waals surface area contributed by atoms with Crippen LogP contribution in [-0.2, 0) is 0 Å². The minimum Gasteiger partial charge on any atom is -0.455 e. The number of pyridine rings is 1. The molecule has 4 heteroatoms. The van der Waals surface area contributed by atoms with Crippen molar-refractivity contribution in [1.29, 1.82) is 0 Å². The fourth-order valence-electron chi connectivity index (χ4n) is 7.33. The van der Waals surface area contributed by atoms with Gasteiger partial charge in [-0.1, -0.05) is 170 Å². The van der Waals surface area contributed by atoms with Crippen LogP contribution in [0.4, 0.5) is 0 Å². The highest BCUT2D eigenvalue weighted by atomic mass is 16.3. The summed E-state index contributed by atoms with van der Waals surface area (Å²) >= 11 is 0. The van der Waals surface area contributed by atoms with Gasteiger partial charge in [0.15, 0.2) is 5.82 Å². The van der Waals surface area contributed by atoms with Crippen molar-refractivity contribution in [2.75, 3.05) is 0 Å². The molecule has 0 aliphatic carbocycles. The molecule has 0 saturated carbocycles. The van der Waals surface area contributed by atoms with Gasteiger partial charge in [-0.25, -0.2) is 15.0 Å². The van der Waals surface area contributed by atoms with E-state index in [1.807, 2.05) is 48.5 Å². The molecule has 10 rings (SSSR count). The Kier molecular flexibility index (Phi) is 7.43. The lowest BCUT2D eigenvalue weighted by Gasteiger charge is -2.12. The maximum atomic E-state index is 6.97. The van der Waals surface area contributed by atoms with Crippen molar-refractivity contribution in [3.63, 3.8) is 0 Å². The first-order valence-electron chi connectivity index (χ1n) is 17.8. The molecule has 0 saturated heterocycles. The van der Waals surface area contributed by atoms with Crippen molar-refractivity contribution < 1.29 is 4.42 Å². The lowest BCUT2D eigenvalue weighted by atomic mass is 9.95. The van der Waals surface area contributed by atoms with Gasteiger partial charge in [-0.05, 0) is 34.9 Å². The predicted molar refractivity (Wildman–Crippen MR) is 217 cm³/mol. The van der Waals surface area contributed by atoms with Gasteiger partial charge in [-0.15, -0.1) is 0 Å². The summed E-state index contributed by atoms with van der Waals surface area (Å²) in [6, 6.07) is 64.7. The first kappa shape index (κ1) is 30.6. The fourth-order valence-corrected chi connectivity index (χ4v) is 7.33. The van der Waals surface area contributed by atoms with Crippen LogP contribution in [0.1, 0.15) is 0 Å². The molecule has 0 spiro atoms.